The van der Waals surface area contributed by atoms with E-state index in [1.807, 2.05) is 18.2 Å². The highest BCUT2D eigenvalue weighted by Crippen LogP contribution is 2.29. The Bertz CT molecular complexity index is 353. The Morgan fingerprint density at radius 1 is 1.00 bits per heavy atom. The van der Waals surface area contributed by atoms with Gasteiger partial charge in [0, 0.05) is 5.56 Å². The summed E-state index contributed by atoms with van der Waals surface area (Å²) in [4.78, 5) is 0. The third kappa shape index (κ3) is 6.54. The van der Waals surface area contributed by atoms with E-state index in [2.05, 4.69) is 6.92 Å². The second-order valence-electron chi connectivity index (χ2n) is 4.83. The summed E-state index contributed by atoms with van der Waals surface area (Å²) in [5, 5.41) is 0.654. The van der Waals surface area contributed by atoms with Crippen LogP contribution in [0.5, 0.6) is 5.75 Å². The van der Waals surface area contributed by atoms with Crippen LogP contribution < -0.4 is 4.74 Å². The van der Waals surface area contributed by atoms with Crippen molar-refractivity contribution >= 4 is 23.2 Å². The molecule has 19 heavy (non-hydrogen) atoms. The van der Waals surface area contributed by atoms with Gasteiger partial charge < -0.3 is 4.74 Å². The molecule has 108 valence electrons. The van der Waals surface area contributed by atoms with Crippen molar-refractivity contribution in [2.75, 3.05) is 6.61 Å². The average Bonchev–Trinajstić information content (AvgIpc) is 2.43. The fourth-order valence-corrected chi connectivity index (χ4v) is 2.51. The number of hydrogen-bond acceptors (Lipinski definition) is 1. The Labute approximate surface area is 127 Å². The number of unbranched alkanes of at least 4 members (excludes halogenated alkanes) is 6. The molecule has 0 unspecified atom stereocenters. The van der Waals surface area contributed by atoms with Crippen LogP contribution in [0.3, 0.4) is 0 Å². The van der Waals surface area contributed by atoms with Gasteiger partial charge in [0.1, 0.15) is 5.75 Å². The third-order valence-electron chi connectivity index (χ3n) is 3.19. The van der Waals surface area contributed by atoms with Crippen molar-refractivity contribution in [1.29, 1.82) is 0 Å². The minimum atomic E-state index is 0.437. The zero-order valence-electron chi connectivity index (χ0n) is 11.8. The summed E-state index contributed by atoms with van der Waals surface area (Å²) in [5.41, 5.74) is 0.970. The molecule has 0 spiro atoms. The van der Waals surface area contributed by atoms with E-state index in [0.717, 1.165) is 24.3 Å². The molecule has 3 heteroatoms. The molecule has 0 atom stereocenters. The maximum atomic E-state index is 6.12. The molecule has 0 saturated heterocycles. The molecule has 0 saturated carbocycles. The fraction of sp³-hybridized carbons (Fsp3) is 0.625. The van der Waals surface area contributed by atoms with E-state index in [1.54, 1.807) is 0 Å². The van der Waals surface area contributed by atoms with Gasteiger partial charge in [-0.25, -0.2) is 0 Å². The zero-order valence-corrected chi connectivity index (χ0v) is 13.3. The average molecular weight is 303 g/mol. The SMILES string of the molecule is CCCCCCCCCOc1c(Cl)cccc1CCl. The Kier molecular flexibility index (Phi) is 9.11. The minimum Gasteiger partial charge on any atom is -0.492 e. The summed E-state index contributed by atoms with van der Waals surface area (Å²) >= 11 is 12.0. The van der Waals surface area contributed by atoms with Crippen LogP contribution in [0.1, 0.15) is 57.4 Å². The van der Waals surface area contributed by atoms with Crippen molar-refractivity contribution in [3.8, 4) is 5.75 Å². The topological polar surface area (TPSA) is 9.23 Å². The monoisotopic (exact) mass is 302 g/mol. The Morgan fingerprint density at radius 3 is 2.37 bits per heavy atom. The van der Waals surface area contributed by atoms with Crippen LogP contribution in [0.25, 0.3) is 0 Å². The maximum absolute atomic E-state index is 6.12. The molecule has 0 aromatic heterocycles. The molecule has 0 aliphatic rings. The fourth-order valence-electron chi connectivity index (χ4n) is 2.05. The number of hydrogen-bond donors (Lipinski definition) is 0. The summed E-state index contributed by atoms with van der Waals surface area (Å²) in [5.74, 6) is 1.19. The first-order chi connectivity index (χ1) is 9.29. The molecule has 0 aliphatic carbocycles. The second-order valence-corrected chi connectivity index (χ2v) is 5.51. The van der Waals surface area contributed by atoms with Crippen LogP contribution in [-0.4, -0.2) is 6.61 Å². The van der Waals surface area contributed by atoms with Gasteiger partial charge in [-0.2, -0.15) is 0 Å². The number of alkyl halides is 1. The van der Waals surface area contributed by atoms with Gasteiger partial charge in [-0.1, -0.05) is 69.2 Å². The molecule has 0 N–H and O–H groups in total. The molecular weight excluding hydrogens is 279 g/mol. The standard InChI is InChI=1S/C16H24Cl2O/c1-2-3-4-5-6-7-8-12-19-16-14(13-17)10-9-11-15(16)18/h9-11H,2-8,12-13H2,1H3. The normalized spacial score (nSPS) is 10.7. The van der Waals surface area contributed by atoms with E-state index in [1.165, 1.54) is 38.5 Å². The van der Waals surface area contributed by atoms with Crippen LogP contribution in [0.4, 0.5) is 0 Å². The van der Waals surface area contributed by atoms with E-state index in [0.29, 0.717) is 10.9 Å². The van der Waals surface area contributed by atoms with Gasteiger partial charge >= 0.3 is 0 Å². The smallest absolute Gasteiger partial charge is 0.142 e. The van der Waals surface area contributed by atoms with Gasteiger partial charge in [0.15, 0.2) is 0 Å². The van der Waals surface area contributed by atoms with Gasteiger partial charge in [-0.15, -0.1) is 11.6 Å². The molecule has 0 heterocycles. The summed E-state index contributed by atoms with van der Waals surface area (Å²) in [6, 6.07) is 5.71. The number of rotatable bonds is 10. The molecule has 1 nitrogen and oxygen atoms in total. The molecule has 0 fully saturated rings. The largest absolute Gasteiger partial charge is 0.492 e. The predicted octanol–water partition coefficient (Wildman–Crippen LogP) is 6.21. The summed E-state index contributed by atoms with van der Waals surface area (Å²) in [6.07, 6.45) is 8.97. The molecular formula is C16H24Cl2O. The summed E-state index contributed by atoms with van der Waals surface area (Å²) < 4.78 is 5.77. The minimum absolute atomic E-state index is 0.437. The molecule has 0 aliphatic heterocycles. The lowest BCUT2D eigenvalue weighted by Gasteiger charge is -2.11. The lowest BCUT2D eigenvalue weighted by molar-refractivity contribution is 0.302. The highest BCUT2D eigenvalue weighted by Gasteiger charge is 2.07. The lowest BCUT2D eigenvalue weighted by atomic mass is 10.1. The quantitative estimate of drug-likeness (QED) is 0.369. The van der Waals surface area contributed by atoms with Crippen LogP contribution in [-0.2, 0) is 5.88 Å². The summed E-state index contributed by atoms with van der Waals surface area (Å²) in [6.45, 7) is 2.97. The molecule has 0 amide bonds. The van der Waals surface area contributed by atoms with Gasteiger partial charge in [0.2, 0.25) is 0 Å². The van der Waals surface area contributed by atoms with Crippen molar-refractivity contribution in [2.45, 2.75) is 57.7 Å². The molecule has 0 radical (unpaired) electrons. The van der Waals surface area contributed by atoms with Crippen LogP contribution in [0.2, 0.25) is 5.02 Å². The Morgan fingerprint density at radius 2 is 1.68 bits per heavy atom. The number of benzene rings is 1. The van der Waals surface area contributed by atoms with E-state index < -0.39 is 0 Å². The number of halogens is 2. The van der Waals surface area contributed by atoms with Gasteiger partial charge in [0.25, 0.3) is 0 Å². The van der Waals surface area contributed by atoms with Crippen LogP contribution >= 0.6 is 23.2 Å². The summed E-state index contributed by atoms with van der Waals surface area (Å²) in [7, 11) is 0. The predicted molar refractivity (Wildman–Crippen MR) is 84.5 cm³/mol. The van der Waals surface area contributed by atoms with E-state index in [-0.39, 0.29) is 0 Å². The third-order valence-corrected chi connectivity index (χ3v) is 3.77. The Balaban J connectivity index is 2.19. The van der Waals surface area contributed by atoms with Gasteiger partial charge in [-0.3, -0.25) is 0 Å². The van der Waals surface area contributed by atoms with Gasteiger partial charge in [-0.05, 0) is 12.5 Å². The Hall–Kier alpha value is -0.400. The van der Waals surface area contributed by atoms with Crippen LogP contribution in [0.15, 0.2) is 18.2 Å². The highest BCUT2D eigenvalue weighted by atomic mass is 35.5. The highest BCUT2D eigenvalue weighted by molar-refractivity contribution is 6.32. The first-order valence-corrected chi connectivity index (χ1v) is 8.17. The maximum Gasteiger partial charge on any atom is 0.142 e. The molecule has 0 bridgehead atoms. The van der Waals surface area contributed by atoms with E-state index >= 15 is 0 Å². The second kappa shape index (κ2) is 10.4. The van der Waals surface area contributed by atoms with E-state index in [4.69, 9.17) is 27.9 Å². The zero-order chi connectivity index (χ0) is 13.9. The van der Waals surface area contributed by atoms with Crippen molar-refractivity contribution in [1.82, 2.24) is 0 Å². The van der Waals surface area contributed by atoms with E-state index in [9.17, 15) is 0 Å². The molecule has 1 aromatic rings. The van der Waals surface area contributed by atoms with Crippen molar-refractivity contribution in [3.05, 3.63) is 28.8 Å². The van der Waals surface area contributed by atoms with Crippen molar-refractivity contribution in [3.63, 3.8) is 0 Å². The lowest BCUT2D eigenvalue weighted by Crippen LogP contribution is -2.00. The number of para-hydroxylation sites is 1. The van der Waals surface area contributed by atoms with Crippen molar-refractivity contribution < 1.29 is 4.74 Å². The molecule has 1 rings (SSSR count). The molecule has 1 aromatic carbocycles. The first-order valence-electron chi connectivity index (χ1n) is 7.25. The first kappa shape index (κ1) is 16.7. The van der Waals surface area contributed by atoms with Crippen molar-refractivity contribution in [2.24, 2.45) is 0 Å². The van der Waals surface area contributed by atoms with Gasteiger partial charge in [0.05, 0.1) is 17.5 Å². The number of ether oxygens (including phenoxy) is 1. The van der Waals surface area contributed by atoms with Crippen LogP contribution in [0, 0.1) is 0 Å².